The van der Waals surface area contributed by atoms with Crippen molar-refractivity contribution in [2.45, 2.75) is 0 Å². The Morgan fingerprint density at radius 1 is 0.535 bits per heavy atom. The van der Waals surface area contributed by atoms with Gasteiger partial charge in [-0.2, -0.15) is 0 Å². The Kier molecular flexibility index (Phi) is 5.13. The number of aromatic nitrogens is 4. The van der Waals surface area contributed by atoms with E-state index < -0.39 is 0 Å². The van der Waals surface area contributed by atoms with Crippen LogP contribution >= 0.6 is 0 Å². The molecule has 5 aromatic carbocycles. The van der Waals surface area contributed by atoms with Crippen molar-refractivity contribution in [1.29, 1.82) is 0 Å². The van der Waals surface area contributed by atoms with E-state index in [1.165, 1.54) is 27.2 Å². The fraction of sp³-hybridized carbons (Fsp3) is 0. The van der Waals surface area contributed by atoms with E-state index in [4.69, 9.17) is 9.72 Å². The number of para-hydroxylation sites is 2. The zero-order chi connectivity index (χ0) is 28.3. The van der Waals surface area contributed by atoms with E-state index in [1.54, 1.807) is 6.20 Å². The summed E-state index contributed by atoms with van der Waals surface area (Å²) >= 11 is 0. The molecule has 0 aliphatic carbocycles. The molecule has 5 nitrogen and oxygen atoms in total. The van der Waals surface area contributed by atoms with Gasteiger partial charge in [0.25, 0.3) is 0 Å². The highest BCUT2D eigenvalue weighted by atomic mass is 16.5. The molecule has 0 atom stereocenters. The predicted octanol–water partition coefficient (Wildman–Crippen LogP) is 9.59. The van der Waals surface area contributed by atoms with Crippen molar-refractivity contribution in [2.24, 2.45) is 0 Å². The van der Waals surface area contributed by atoms with Crippen molar-refractivity contribution >= 4 is 49.1 Å². The molecular formula is C38H24N4O. The summed E-state index contributed by atoms with van der Waals surface area (Å²) in [6.07, 6.45) is 5.75. The molecule has 43 heavy (non-hydrogen) atoms. The Labute approximate surface area is 246 Å². The quantitative estimate of drug-likeness (QED) is 0.204. The standard InChI is InChI=1S/C38H24N4O/c1-2-10-26(11-3-1)42-34-15-5-4-13-31(34)36-35(42)19-18-30-29-17-16-28(24-32(29)38-40-21-22-41(38)37(30)36)43-27-12-8-9-25(23-27)33-14-6-7-20-39-33/h1-24H. The van der Waals surface area contributed by atoms with E-state index in [1.807, 2.05) is 54.7 Å². The van der Waals surface area contributed by atoms with Crippen LogP contribution in [-0.4, -0.2) is 18.9 Å². The monoisotopic (exact) mass is 552 g/mol. The minimum absolute atomic E-state index is 0.761. The van der Waals surface area contributed by atoms with Gasteiger partial charge in [-0.1, -0.05) is 60.7 Å². The molecular weight excluding hydrogens is 528 g/mol. The van der Waals surface area contributed by atoms with E-state index in [2.05, 4.69) is 99.0 Å². The van der Waals surface area contributed by atoms with Crippen LogP contribution in [0.25, 0.3) is 66.1 Å². The van der Waals surface area contributed by atoms with Crippen LogP contribution in [-0.2, 0) is 0 Å². The van der Waals surface area contributed by atoms with E-state index in [0.29, 0.717) is 0 Å². The van der Waals surface area contributed by atoms with Crippen molar-refractivity contribution in [3.05, 3.63) is 146 Å². The third-order valence-corrected chi connectivity index (χ3v) is 8.26. The van der Waals surface area contributed by atoms with E-state index in [0.717, 1.165) is 50.4 Å². The maximum Gasteiger partial charge on any atom is 0.145 e. The van der Waals surface area contributed by atoms with Crippen LogP contribution < -0.4 is 4.74 Å². The first-order chi connectivity index (χ1) is 21.3. The summed E-state index contributed by atoms with van der Waals surface area (Å²) in [5, 5.41) is 5.79. The zero-order valence-electron chi connectivity index (χ0n) is 23.1. The number of nitrogens with zero attached hydrogens (tertiary/aromatic N) is 4. The van der Waals surface area contributed by atoms with Gasteiger partial charge >= 0.3 is 0 Å². The fourth-order valence-corrected chi connectivity index (χ4v) is 6.44. The number of ether oxygens (including phenoxy) is 1. The summed E-state index contributed by atoms with van der Waals surface area (Å²) in [4.78, 5) is 9.33. The molecule has 0 aliphatic rings. The molecule has 9 rings (SSSR count). The Balaban J connectivity index is 1.26. The average molecular weight is 553 g/mol. The molecule has 202 valence electrons. The lowest BCUT2D eigenvalue weighted by Crippen LogP contribution is -1.95. The number of fused-ring (bicyclic) bond motifs is 10. The first-order valence-corrected chi connectivity index (χ1v) is 14.3. The molecule has 0 unspecified atom stereocenters. The maximum absolute atomic E-state index is 6.40. The van der Waals surface area contributed by atoms with Crippen LogP contribution in [0.1, 0.15) is 0 Å². The number of pyridine rings is 2. The third kappa shape index (κ3) is 3.65. The molecule has 0 fully saturated rings. The lowest BCUT2D eigenvalue weighted by atomic mass is 10.0. The predicted molar refractivity (Wildman–Crippen MR) is 174 cm³/mol. The number of rotatable bonds is 4. The highest BCUT2D eigenvalue weighted by molar-refractivity contribution is 6.25. The van der Waals surface area contributed by atoms with Gasteiger partial charge in [0.1, 0.15) is 17.1 Å². The van der Waals surface area contributed by atoms with Crippen molar-refractivity contribution in [3.63, 3.8) is 0 Å². The number of imidazole rings is 1. The van der Waals surface area contributed by atoms with Gasteiger partial charge in [0.05, 0.1) is 22.2 Å². The molecule has 0 saturated heterocycles. The normalized spacial score (nSPS) is 11.7. The zero-order valence-corrected chi connectivity index (χ0v) is 23.1. The average Bonchev–Trinajstić information content (AvgIpc) is 3.69. The topological polar surface area (TPSA) is 44.3 Å². The van der Waals surface area contributed by atoms with E-state index in [9.17, 15) is 0 Å². The molecule has 0 spiro atoms. The first-order valence-electron chi connectivity index (χ1n) is 14.3. The third-order valence-electron chi connectivity index (χ3n) is 8.26. The Hall–Kier alpha value is -5.94. The highest BCUT2D eigenvalue weighted by Gasteiger charge is 2.19. The Bertz CT molecular complexity index is 2480. The summed E-state index contributed by atoms with van der Waals surface area (Å²) in [6, 6.07) is 44.0. The van der Waals surface area contributed by atoms with Crippen molar-refractivity contribution < 1.29 is 4.74 Å². The second-order valence-corrected chi connectivity index (χ2v) is 10.7. The van der Waals surface area contributed by atoms with Crippen LogP contribution in [0, 0.1) is 0 Å². The maximum atomic E-state index is 6.40. The van der Waals surface area contributed by atoms with Gasteiger partial charge in [-0.3, -0.25) is 9.38 Å². The van der Waals surface area contributed by atoms with E-state index in [-0.39, 0.29) is 0 Å². The summed E-state index contributed by atoms with van der Waals surface area (Å²) in [7, 11) is 0. The fourth-order valence-electron chi connectivity index (χ4n) is 6.44. The Morgan fingerprint density at radius 2 is 1.37 bits per heavy atom. The molecule has 4 aromatic heterocycles. The van der Waals surface area contributed by atoms with E-state index >= 15 is 0 Å². The molecule has 0 radical (unpaired) electrons. The second-order valence-electron chi connectivity index (χ2n) is 10.7. The van der Waals surface area contributed by atoms with Crippen molar-refractivity contribution in [3.8, 4) is 28.4 Å². The van der Waals surface area contributed by atoms with Crippen LogP contribution in [0.3, 0.4) is 0 Å². The van der Waals surface area contributed by atoms with Crippen LogP contribution in [0.4, 0.5) is 0 Å². The molecule has 0 amide bonds. The summed E-state index contributed by atoms with van der Waals surface area (Å²) in [5.41, 5.74) is 7.48. The van der Waals surface area contributed by atoms with Gasteiger partial charge in [-0.15, -0.1) is 0 Å². The number of hydrogen-bond donors (Lipinski definition) is 0. The summed E-state index contributed by atoms with van der Waals surface area (Å²) in [6.45, 7) is 0. The highest BCUT2D eigenvalue weighted by Crippen LogP contribution is 2.41. The molecule has 0 N–H and O–H groups in total. The van der Waals surface area contributed by atoms with Gasteiger partial charge in [0.2, 0.25) is 0 Å². The van der Waals surface area contributed by atoms with Gasteiger partial charge in [0, 0.05) is 51.4 Å². The largest absolute Gasteiger partial charge is 0.457 e. The van der Waals surface area contributed by atoms with Gasteiger partial charge < -0.3 is 9.30 Å². The minimum Gasteiger partial charge on any atom is -0.457 e. The number of benzene rings is 5. The van der Waals surface area contributed by atoms with Crippen LogP contribution in [0.5, 0.6) is 11.5 Å². The van der Waals surface area contributed by atoms with Gasteiger partial charge in [-0.05, 0) is 72.1 Å². The number of hydrogen-bond acceptors (Lipinski definition) is 3. The molecule has 9 aromatic rings. The molecule has 0 aliphatic heterocycles. The Morgan fingerprint density at radius 3 is 2.28 bits per heavy atom. The van der Waals surface area contributed by atoms with Crippen LogP contribution in [0.15, 0.2) is 146 Å². The molecule has 5 heteroatoms. The molecule has 4 heterocycles. The first kappa shape index (κ1) is 23.7. The smallest absolute Gasteiger partial charge is 0.145 e. The van der Waals surface area contributed by atoms with Crippen molar-refractivity contribution in [1.82, 2.24) is 18.9 Å². The summed E-state index contributed by atoms with van der Waals surface area (Å²) in [5.74, 6) is 1.52. The molecule has 0 saturated carbocycles. The SMILES string of the molecule is c1ccc(-n2c3ccccc3c3c2ccc2c4ccc(Oc5cccc(-c6ccccn6)c5)cc4c4nccn4c23)cc1. The van der Waals surface area contributed by atoms with Gasteiger partial charge in [-0.25, -0.2) is 4.98 Å². The second kappa shape index (κ2) is 9.29. The lowest BCUT2D eigenvalue weighted by Gasteiger charge is -2.13. The summed E-state index contributed by atoms with van der Waals surface area (Å²) < 4.78 is 11.0. The minimum atomic E-state index is 0.761. The van der Waals surface area contributed by atoms with Gasteiger partial charge in [0.15, 0.2) is 0 Å². The van der Waals surface area contributed by atoms with Crippen molar-refractivity contribution in [2.75, 3.05) is 0 Å². The lowest BCUT2D eigenvalue weighted by molar-refractivity contribution is 0.483. The molecule has 0 bridgehead atoms. The van der Waals surface area contributed by atoms with Crippen LogP contribution in [0.2, 0.25) is 0 Å².